The minimum absolute atomic E-state index is 0.171. The molecule has 1 rings (SSSR count). The second-order valence-electron chi connectivity index (χ2n) is 3.04. The summed E-state index contributed by atoms with van der Waals surface area (Å²) in [4.78, 5) is 10.3. The van der Waals surface area contributed by atoms with E-state index in [0.29, 0.717) is 0 Å². The van der Waals surface area contributed by atoms with Crippen LogP contribution in [0.15, 0.2) is 0 Å². The summed E-state index contributed by atoms with van der Waals surface area (Å²) in [6.45, 7) is 3.73. The predicted octanol–water partition coefficient (Wildman–Crippen LogP) is 1.33. The van der Waals surface area contributed by atoms with E-state index in [1.807, 2.05) is 13.8 Å². The van der Waals surface area contributed by atoms with Crippen LogP contribution < -0.4 is 0 Å². The highest BCUT2D eigenvalue weighted by molar-refractivity contribution is 6.25. The van der Waals surface area contributed by atoms with E-state index < -0.39 is 5.97 Å². The minimum Gasteiger partial charge on any atom is -0.481 e. The van der Waals surface area contributed by atoms with E-state index in [-0.39, 0.29) is 16.7 Å². The van der Waals surface area contributed by atoms with Crippen LogP contribution in [0.3, 0.4) is 0 Å². The SMILES string of the molecule is CC1(C)[C@H](Cl)[C@H]1C(=O)O. The number of hydrogen-bond donors (Lipinski definition) is 1. The fourth-order valence-corrected chi connectivity index (χ4v) is 1.51. The van der Waals surface area contributed by atoms with E-state index in [0.717, 1.165) is 0 Å². The highest BCUT2D eigenvalue weighted by Crippen LogP contribution is 2.55. The van der Waals surface area contributed by atoms with Crippen LogP contribution in [0.2, 0.25) is 0 Å². The maximum absolute atomic E-state index is 10.3. The fraction of sp³-hybridized carbons (Fsp3) is 0.833. The maximum Gasteiger partial charge on any atom is 0.308 e. The highest BCUT2D eigenvalue weighted by atomic mass is 35.5. The number of rotatable bonds is 1. The molecule has 9 heavy (non-hydrogen) atoms. The standard InChI is InChI=1S/C6H9ClO2/c1-6(2)3(4(6)7)5(8)9/h3-4H,1-2H3,(H,8,9)/t3-,4+/m0/s1. The molecule has 0 spiro atoms. The summed E-state index contributed by atoms with van der Waals surface area (Å²) in [6, 6.07) is 0. The van der Waals surface area contributed by atoms with Gasteiger partial charge < -0.3 is 5.11 Å². The van der Waals surface area contributed by atoms with Crippen LogP contribution >= 0.6 is 11.6 Å². The smallest absolute Gasteiger partial charge is 0.308 e. The number of aliphatic carboxylic acids is 1. The molecule has 1 fully saturated rings. The minimum atomic E-state index is -0.778. The van der Waals surface area contributed by atoms with E-state index in [2.05, 4.69) is 0 Å². The molecule has 0 aromatic rings. The van der Waals surface area contributed by atoms with Crippen molar-refractivity contribution in [1.82, 2.24) is 0 Å². The third-order valence-electron chi connectivity index (χ3n) is 1.96. The summed E-state index contributed by atoms with van der Waals surface area (Å²) in [5.74, 6) is -1.11. The third kappa shape index (κ3) is 0.816. The van der Waals surface area contributed by atoms with Gasteiger partial charge in [0, 0.05) is 0 Å². The van der Waals surface area contributed by atoms with Crippen LogP contribution in [0.4, 0.5) is 0 Å². The first-order valence-electron chi connectivity index (χ1n) is 2.85. The molecule has 0 saturated heterocycles. The first kappa shape index (κ1) is 6.87. The largest absolute Gasteiger partial charge is 0.481 e. The van der Waals surface area contributed by atoms with Gasteiger partial charge in [-0.2, -0.15) is 0 Å². The van der Waals surface area contributed by atoms with E-state index in [1.165, 1.54) is 0 Å². The zero-order valence-electron chi connectivity index (χ0n) is 5.39. The quantitative estimate of drug-likeness (QED) is 0.570. The summed E-state index contributed by atoms with van der Waals surface area (Å²) >= 11 is 5.66. The first-order valence-corrected chi connectivity index (χ1v) is 3.28. The Morgan fingerprint density at radius 3 is 2.00 bits per heavy atom. The highest BCUT2D eigenvalue weighted by Gasteiger charge is 2.61. The summed E-state index contributed by atoms with van der Waals surface area (Å²) in [5.41, 5.74) is -0.187. The third-order valence-corrected chi connectivity index (χ3v) is 2.78. The van der Waals surface area contributed by atoms with Crippen molar-refractivity contribution < 1.29 is 9.90 Å². The number of hydrogen-bond acceptors (Lipinski definition) is 1. The molecule has 0 aliphatic heterocycles. The van der Waals surface area contributed by atoms with Gasteiger partial charge in [-0.05, 0) is 5.41 Å². The van der Waals surface area contributed by atoms with Gasteiger partial charge in [0.2, 0.25) is 0 Å². The monoisotopic (exact) mass is 148 g/mol. The molecule has 1 aliphatic carbocycles. The van der Waals surface area contributed by atoms with Crippen molar-refractivity contribution in [1.29, 1.82) is 0 Å². The molecule has 1 N–H and O–H groups in total. The Kier molecular flexibility index (Phi) is 1.24. The lowest BCUT2D eigenvalue weighted by Gasteiger charge is -1.94. The van der Waals surface area contributed by atoms with Crippen molar-refractivity contribution in [2.75, 3.05) is 0 Å². The van der Waals surface area contributed by atoms with Crippen LogP contribution in [0.25, 0.3) is 0 Å². The molecular weight excluding hydrogens is 140 g/mol. The summed E-state index contributed by atoms with van der Waals surface area (Å²) in [7, 11) is 0. The van der Waals surface area contributed by atoms with Gasteiger partial charge in [-0.25, -0.2) is 0 Å². The molecule has 3 heteroatoms. The van der Waals surface area contributed by atoms with E-state index >= 15 is 0 Å². The van der Waals surface area contributed by atoms with E-state index in [1.54, 1.807) is 0 Å². The molecule has 0 radical (unpaired) electrons. The van der Waals surface area contributed by atoms with Gasteiger partial charge in [0.05, 0.1) is 11.3 Å². The van der Waals surface area contributed by atoms with E-state index in [9.17, 15) is 4.79 Å². The van der Waals surface area contributed by atoms with Crippen molar-refractivity contribution in [2.45, 2.75) is 19.2 Å². The lowest BCUT2D eigenvalue weighted by Crippen LogP contribution is -2.03. The molecule has 52 valence electrons. The van der Waals surface area contributed by atoms with Crippen molar-refractivity contribution in [3.63, 3.8) is 0 Å². The molecule has 0 bridgehead atoms. The van der Waals surface area contributed by atoms with Crippen LogP contribution in [0.1, 0.15) is 13.8 Å². The number of carboxylic acids is 1. The molecule has 0 aromatic carbocycles. The van der Waals surface area contributed by atoms with Gasteiger partial charge >= 0.3 is 5.97 Å². The Labute approximate surface area is 58.8 Å². The van der Waals surface area contributed by atoms with Gasteiger partial charge in [-0.1, -0.05) is 13.8 Å². The van der Waals surface area contributed by atoms with Gasteiger partial charge in [0.15, 0.2) is 0 Å². The summed E-state index contributed by atoms with van der Waals surface area (Å²) in [6.07, 6.45) is 0. The maximum atomic E-state index is 10.3. The fourth-order valence-electron chi connectivity index (χ4n) is 1.02. The van der Waals surface area contributed by atoms with Crippen LogP contribution in [0.5, 0.6) is 0 Å². The number of alkyl halides is 1. The van der Waals surface area contributed by atoms with E-state index in [4.69, 9.17) is 16.7 Å². The van der Waals surface area contributed by atoms with Gasteiger partial charge in [-0.15, -0.1) is 11.6 Å². The molecule has 0 heterocycles. The zero-order chi connectivity index (χ0) is 7.23. The lowest BCUT2D eigenvalue weighted by atomic mass is 10.1. The van der Waals surface area contributed by atoms with Crippen molar-refractivity contribution in [3.05, 3.63) is 0 Å². The Morgan fingerprint density at radius 1 is 1.67 bits per heavy atom. The molecule has 2 nitrogen and oxygen atoms in total. The van der Waals surface area contributed by atoms with Crippen molar-refractivity contribution in [3.8, 4) is 0 Å². The van der Waals surface area contributed by atoms with Gasteiger partial charge in [0.1, 0.15) is 0 Å². The molecule has 2 atom stereocenters. The average molecular weight is 149 g/mol. The molecule has 1 aliphatic rings. The van der Waals surface area contributed by atoms with Crippen LogP contribution in [-0.2, 0) is 4.79 Å². The zero-order valence-corrected chi connectivity index (χ0v) is 6.14. The molecule has 1 saturated carbocycles. The van der Waals surface area contributed by atoms with Crippen molar-refractivity contribution in [2.24, 2.45) is 11.3 Å². The Balaban J connectivity index is 2.62. The second-order valence-corrected chi connectivity index (χ2v) is 3.51. The molecule has 0 amide bonds. The van der Waals surface area contributed by atoms with Crippen LogP contribution in [0, 0.1) is 11.3 Å². The molecule has 0 unspecified atom stereocenters. The summed E-state index contributed by atoms with van der Waals surface area (Å²) < 4.78 is 0. The predicted molar refractivity (Wildman–Crippen MR) is 34.5 cm³/mol. The lowest BCUT2D eigenvalue weighted by molar-refractivity contribution is -0.139. The normalized spacial score (nSPS) is 38.1. The van der Waals surface area contributed by atoms with Crippen molar-refractivity contribution >= 4 is 17.6 Å². The molecule has 0 aromatic heterocycles. The number of carbonyl (C=O) groups is 1. The van der Waals surface area contributed by atoms with Gasteiger partial charge in [-0.3, -0.25) is 4.79 Å². The number of carboxylic acid groups (broad SMARTS) is 1. The Morgan fingerprint density at radius 2 is 2.00 bits per heavy atom. The second kappa shape index (κ2) is 1.63. The van der Waals surface area contributed by atoms with Gasteiger partial charge in [0.25, 0.3) is 0 Å². The summed E-state index contributed by atoms with van der Waals surface area (Å²) in [5, 5.41) is 8.30. The topological polar surface area (TPSA) is 37.3 Å². The number of halogens is 1. The molecular formula is C6H9ClO2. The Bertz CT molecular complexity index is 153. The first-order chi connectivity index (χ1) is 3.98. The average Bonchev–Trinajstić information content (AvgIpc) is 2.07. The van der Waals surface area contributed by atoms with Crippen LogP contribution in [-0.4, -0.2) is 16.5 Å². The Hall–Kier alpha value is -0.240.